The molecule has 128 valence electrons. The fourth-order valence-corrected chi connectivity index (χ4v) is 4.32. The summed E-state index contributed by atoms with van der Waals surface area (Å²) in [6, 6.07) is 10.5. The van der Waals surface area contributed by atoms with E-state index in [1.165, 1.54) is 22.2 Å². The molecule has 0 aliphatic carbocycles. The van der Waals surface area contributed by atoms with Gasteiger partial charge >= 0.3 is 0 Å². The van der Waals surface area contributed by atoms with E-state index in [-0.39, 0.29) is 5.60 Å². The molecule has 1 N–H and O–H groups in total. The molecule has 0 amide bonds. The molecule has 0 radical (unpaired) electrons. The minimum Gasteiger partial charge on any atom is -0.368 e. The number of piperidine rings is 1. The molecule has 2 aromatic heterocycles. The first-order chi connectivity index (χ1) is 12.3. The topological polar surface area (TPSA) is 54.0 Å². The third-order valence-corrected chi connectivity index (χ3v) is 5.64. The second kappa shape index (κ2) is 5.56. The van der Waals surface area contributed by atoms with Gasteiger partial charge in [-0.15, -0.1) is 0 Å². The first kappa shape index (κ1) is 14.9. The van der Waals surface area contributed by atoms with Crippen molar-refractivity contribution in [1.82, 2.24) is 15.0 Å². The van der Waals surface area contributed by atoms with Gasteiger partial charge in [0.05, 0.1) is 12.3 Å². The molecule has 1 saturated heterocycles. The highest BCUT2D eigenvalue weighted by Gasteiger charge is 2.43. The smallest absolute Gasteiger partial charge is 0.225 e. The van der Waals surface area contributed by atoms with Gasteiger partial charge in [-0.1, -0.05) is 18.2 Å². The number of anilines is 1. The highest BCUT2D eigenvalue weighted by atomic mass is 16.5. The lowest BCUT2D eigenvalue weighted by Crippen LogP contribution is -2.47. The Kier molecular flexibility index (Phi) is 3.31. The molecule has 0 bridgehead atoms. The van der Waals surface area contributed by atoms with Crippen LogP contribution in [0.2, 0.25) is 0 Å². The van der Waals surface area contributed by atoms with Crippen molar-refractivity contribution < 1.29 is 4.74 Å². The Hall–Kier alpha value is -2.40. The molecule has 0 unspecified atom stereocenters. The minimum absolute atomic E-state index is 0.188. The quantitative estimate of drug-likeness (QED) is 0.742. The van der Waals surface area contributed by atoms with Crippen LogP contribution in [-0.2, 0) is 16.8 Å². The molecule has 2 aliphatic heterocycles. The Morgan fingerprint density at radius 1 is 1.16 bits per heavy atom. The molecule has 0 atom stereocenters. The minimum atomic E-state index is -0.188. The number of hydrogen-bond donors (Lipinski definition) is 1. The van der Waals surface area contributed by atoms with Crippen LogP contribution in [-0.4, -0.2) is 34.6 Å². The number of hydrogen-bond acceptors (Lipinski definition) is 4. The molecule has 5 heteroatoms. The Bertz CT molecular complexity index is 924. The van der Waals surface area contributed by atoms with E-state index in [1.807, 2.05) is 19.2 Å². The van der Waals surface area contributed by atoms with Crippen molar-refractivity contribution in [1.29, 1.82) is 0 Å². The number of nitrogens with zero attached hydrogens (tertiary/aromatic N) is 3. The highest BCUT2D eigenvalue weighted by molar-refractivity contribution is 5.85. The molecule has 4 heterocycles. The third kappa shape index (κ3) is 2.34. The average molecular weight is 334 g/mol. The van der Waals surface area contributed by atoms with Crippen molar-refractivity contribution in [3.63, 3.8) is 0 Å². The van der Waals surface area contributed by atoms with Crippen LogP contribution in [0.25, 0.3) is 10.9 Å². The van der Waals surface area contributed by atoms with Gasteiger partial charge in [0.25, 0.3) is 0 Å². The van der Waals surface area contributed by atoms with Gasteiger partial charge in [0.2, 0.25) is 5.95 Å². The van der Waals surface area contributed by atoms with Crippen molar-refractivity contribution in [3.05, 3.63) is 53.5 Å². The van der Waals surface area contributed by atoms with Crippen molar-refractivity contribution in [2.45, 2.75) is 31.8 Å². The van der Waals surface area contributed by atoms with Gasteiger partial charge < -0.3 is 14.6 Å². The van der Waals surface area contributed by atoms with Crippen molar-refractivity contribution in [2.24, 2.45) is 0 Å². The van der Waals surface area contributed by atoms with E-state index in [2.05, 4.69) is 44.1 Å². The number of nitrogens with one attached hydrogen (secondary N) is 1. The zero-order valence-electron chi connectivity index (χ0n) is 14.5. The van der Waals surface area contributed by atoms with E-state index in [0.717, 1.165) is 50.6 Å². The van der Waals surface area contributed by atoms with Gasteiger partial charge in [0.15, 0.2) is 0 Å². The molecule has 5 rings (SSSR count). The summed E-state index contributed by atoms with van der Waals surface area (Å²) in [5, 5.41) is 1.35. The van der Waals surface area contributed by atoms with Gasteiger partial charge in [-0.2, -0.15) is 0 Å². The summed E-state index contributed by atoms with van der Waals surface area (Å²) in [5.74, 6) is 0.836. The first-order valence-corrected chi connectivity index (χ1v) is 9.04. The molecule has 25 heavy (non-hydrogen) atoms. The maximum Gasteiger partial charge on any atom is 0.225 e. The van der Waals surface area contributed by atoms with E-state index >= 15 is 0 Å². The van der Waals surface area contributed by atoms with Crippen LogP contribution < -0.4 is 4.90 Å². The lowest BCUT2D eigenvalue weighted by atomic mass is 9.83. The number of aromatic amines is 1. The van der Waals surface area contributed by atoms with Crippen LogP contribution in [0.4, 0.5) is 5.95 Å². The summed E-state index contributed by atoms with van der Waals surface area (Å²) in [4.78, 5) is 15.0. The normalized spacial score (nSPS) is 19.3. The molecule has 1 spiro atoms. The molecule has 5 nitrogen and oxygen atoms in total. The first-order valence-electron chi connectivity index (χ1n) is 9.04. The number of aryl methyl sites for hydroxylation is 1. The zero-order chi connectivity index (χ0) is 16.9. The number of H-pyrrole nitrogens is 1. The van der Waals surface area contributed by atoms with Crippen LogP contribution in [0, 0.1) is 6.92 Å². The summed E-state index contributed by atoms with van der Waals surface area (Å²) in [6.07, 6.45) is 4.76. The predicted octanol–water partition coefficient (Wildman–Crippen LogP) is 3.33. The van der Waals surface area contributed by atoms with E-state index in [1.54, 1.807) is 0 Å². The highest BCUT2D eigenvalue weighted by Crippen LogP contribution is 2.43. The summed E-state index contributed by atoms with van der Waals surface area (Å²) in [5.41, 5.74) is 4.79. The Morgan fingerprint density at radius 2 is 2.00 bits per heavy atom. The van der Waals surface area contributed by atoms with Gasteiger partial charge in [-0.25, -0.2) is 9.97 Å². The number of para-hydroxylation sites is 1. The summed E-state index contributed by atoms with van der Waals surface area (Å²) in [6.45, 7) is 4.64. The Morgan fingerprint density at radius 3 is 2.84 bits per heavy atom. The fraction of sp³-hybridized carbons (Fsp3) is 0.400. The van der Waals surface area contributed by atoms with E-state index in [0.29, 0.717) is 0 Å². The lowest BCUT2D eigenvalue weighted by molar-refractivity contribution is -0.0791. The van der Waals surface area contributed by atoms with Gasteiger partial charge in [-0.05, 0) is 43.9 Å². The molecule has 1 fully saturated rings. The molecule has 2 aliphatic rings. The van der Waals surface area contributed by atoms with Crippen molar-refractivity contribution in [2.75, 3.05) is 24.6 Å². The number of fused-ring (bicyclic) bond motifs is 4. The van der Waals surface area contributed by atoms with Crippen LogP contribution in [0.15, 0.2) is 36.5 Å². The second-order valence-electron chi connectivity index (χ2n) is 7.10. The number of rotatable bonds is 1. The van der Waals surface area contributed by atoms with Crippen LogP contribution >= 0.6 is 0 Å². The largest absolute Gasteiger partial charge is 0.368 e. The standard InChI is InChI=1S/C20H22N4O/c1-14-6-10-21-19(22-14)24-11-8-20(9-12-24)18-16(7-13-25-20)15-4-2-3-5-17(15)23-18/h2-6,10,23H,7-9,11-13H2,1H3. The average Bonchev–Trinajstić information content (AvgIpc) is 3.03. The van der Waals surface area contributed by atoms with Gasteiger partial charge in [-0.3, -0.25) is 0 Å². The molecule has 1 aromatic carbocycles. The molecular weight excluding hydrogens is 312 g/mol. The maximum absolute atomic E-state index is 6.37. The summed E-state index contributed by atoms with van der Waals surface area (Å²) >= 11 is 0. The zero-order valence-corrected chi connectivity index (χ0v) is 14.5. The van der Waals surface area contributed by atoms with E-state index in [9.17, 15) is 0 Å². The van der Waals surface area contributed by atoms with Gasteiger partial charge in [0, 0.05) is 35.9 Å². The summed E-state index contributed by atoms with van der Waals surface area (Å²) < 4.78 is 6.37. The van der Waals surface area contributed by atoms with E-state index < -0.39 is 0 Å². The molecular formula is C20H22N4O. The van der Waals surface area contributed by atoms with E-state index in [4.69, 9.17) is 4.74 Å². The monoisotopic (exact) mass is 334 g/mol. The van der Waals surface area contributed by atoms with Crippen molar-refractivity contribution in [3.8, 4) is 0 Å². The van der Waals surface area contributed by atoms with Crippen LogP contribution in [0.5, 0.6) is 0 Å². The maximum atomic E-state index is 6.37. The van der Waals surface area contributed by atoms with Gasteiger partial charge in [0.1, 0.15) is 5.60 Å². The molecule has 0 saturated carbocycles. The number of ether oxygens (including phenoxy) is 1. The Labute approximate surface area is 147 Å². The van der Waals surface area contributed by atoms with Crippen LogP contribution in [0.3, 0.4) is 0 Å². The molecule has 3 aromatic rings. The van der Waals surface area contributed by atoms with Crippen LogP contribution in [0.1, 0.15) is 29.8 Å². The Balaban J connectivity index is 1.47. The lowest BCUT2D eigenvalue weighted by Gasteiger charge is -2.43. The summed E-state index contributed by atoms with van der Waals surface area (Å²) in [7, 11) is 0. The number of benzene rings is 1. The second-order valence-corrected chi connectivity index (χ2v) is 7.10. The SMILES string of the molecule is Cc1ccnc(N2CCC3(CC2)OCCc2c3[nH]c3ccccc23)n1. The van der Waals surface area contributed by atoms with Crippen molar-refractivity contribution >= 4 is 16.9 Å². The predicted molar refractivity (Wildman–Crippen MR) is 97.8 cm³/mol. The number of aromatic nitrogens is 3. The third-order valence-electron chi connectivity index (χ3n) is 5.64. The fourth-order valence-electron chi connectivity index (χ4n) is 4.32.